The van der Waals surface area contributed by atoms with Crippen LogP contribution in [0, 0.1) is 6.92 Å². The first kappa shape index (κ1) is 16.0. The molecule has 5 nitrogen and oxygen atoms in total. The van der Waals surface area contributed by atoms with Gasteiger partial charge in [0.25, 0.3) is 0 Å². The maximum atomic E-state index is 10.2. The second-order valence-corrected chi connectivity index (χ2v) is 6.37. The fraction of sp³-hybridized carbons (Fsp3) is 0.500. The molecule has 23 heavy (non-hydrogen) atoms. The third kappa shape index (κ3) is 4.56. The van der Waals surface area contributed by atoms with Gasteiger partial charge >= 0.3 is 0 Å². The Kier molecular flexibility index (Phi) is 5.31. The molecule has 0 bridgehead atoms. The Balaban J connectivity index is 1.40. The van der Waals surface area contributed by atoms with E-state index < -0.39 is 6.10 Å². The zero-order valence-corrected chi connectivity index (χ0v) is 13.6. The van der Waals surface area contributed by atoms with E-state index in [0.29, 0.717) is 19.1 Å². The Morgan fingerprint density at radius 1 is 1.35 bits per heavy atom. The highest BCUT2D eigenvalue weighted by Gasteiger charge is 2.23. The van der Waals surface area contributed by atoms with Gasteiger partial charge in [-0.3, -0.25) is 5.10 Å². The molecule has 1 aliphatic heterocycles. The van der Waals surface area contributed by atoms with Crippen LogP contribution in [-0.4, -0.2) is 52.5 Å². The van der Waals surface area contributed by atoms with E-state index in [-0.39, 0.29) is 0 Å². The fourth-order valence-electron chi connectivity index (χ4n) is 3.17. The van der Waals surface area contributed by atoms with E-state index in [0.717, 1.165) is 37.2 Å². The molecule has 1 atom stereocenters. The Bertz CT molecular complexity index is 592. The molecule has 0 unspecified atom stereocenters. The number of β-amino-alcohol motifs (C(OH)–C–C–N with tert-alkyl or cyclic N) is 1. The number of piperidine rings is 1. The molecule has 1 fully saturated rings. The van der Waals surface area contributed by atoms with Crippen molar-refractivity contribution in [3.05, 3.63) is 47.8 Å². The lowest BCUT2D eigenvalue weighted by Crippen LogP contribution is -2.40. The summed E-state index contributed by atoms with van der Waals surface area (Å²) in [5.41, 5.74) is 2.39. The molecule has 1 aliphatic rings. The Morgan fingerprint density at radius 3 is 2.87 bits per heavy atom. The summed E-state index contributed by atoms with van der Waals surface area (Å²) in [6.07, 6.45) is 3.56. The lowest BCUT2D eigenvalue weighted by Gasteiger charge is -2.32. The predicted molar refractivity (Wildman–Crippen MR) is 89.7 cm³/mol. The number of nitrogens with one attached hydrogen (secondary N) is 1. The van der Waals surface area contributed by atoms with E-state index in [2.05, 4.69) is 21.2 Å². The molecule has 0 saturated carbocycles. The van der Waals surface area contributed by atoms with E-state index >= 15 is 0 Å². The van der Waals surface area contributed by atoms with Crippen molar-refractivity contribution in [3.63, 3.8) is 0 Å². The van der Waals surface area contributed by atoms with Crippen molar-refractivity contribution in [2.24, 2.45) is 0 Å². The first-order valence-electron chi connectivity index (χ1n) is 8.30. The van der Waals surface area contributed by atoms with Crippen LogP contribution in [-0.2, 0) is 0 Å². The molecular weight excluding hydrogens is 290 g/mol. The van der Waals surface area contributed by atoms with Gasteiger partial charge in [-0.2, -0.15) is 5.10 Å². The summed E-state index contributed by atoms with van der Waals surface area (Å²) in [7, 11) is 0. The summed E-state index contributed by atoms with van der Waals surface area (Å²) in [5, 5.41) is 17.3. The topological polar surface area (TPSA) is 61.4 Å². The summed E-state index contributed by atoms with van der Waals surface area (Å²) in [5.74, 6) is 1.39. The molecule has 3 rings (SSSR count). The standard InChI is InChI=1S/C18H25N3O2/c1-14-3-2-4-17(11-14)23-13-16(22)12-21-9-6-15(7-10-21)18-5-8-19-20-18/h2-5,8,11,15-16,22H,6-7,9-10,12-13H2,1H3,(H,19,20)/t16-/m0/s1. The number of aliphatic hydroxyl groups is 1. The van der Waals surface area contributed by atoms with Crippen LogP contribution in [0.5, 0.6) is 5.75 Å². The molecule has 2 heterocycles. The summed E-state index contributed by atoms with van der Waals surface area (Å²) in [4.78, 5) is 2.32. The normalized spacial score (nSPS) is 18.0. The number of nitrogens with zero attached hydrogens (tertiary/aromatic N) is 2. The first-order valence-corrected chi connectivity index (χ1v) is 8.30. The fourth-order valence-corrected chi connectivity index (χ4v) is 3.17. The van der Waals surface area contributed by atoms with Gasteiger partial charge in [-0.1, -0.05) is 12.1 Å². The molecule has 2 N–H and O–H groups in total. The zero-order valence-electron chi connectivity index (χ0n) is 13.6. The number of likely N-dealkylation sites (tertiary alicyclic amines) is 1. The summed E-state index contributed by atoms with van der Waals surface area (Å²) < 4.78 is 5.68. The SMILES string of the molecule is Cc1cccc(OC[C@@H](O)CN2CCC(c3ccn[nH]3)CC2)c1. The summed E-state index contributed by atoms with van der Waals surface area (Å²) >= 11 is 0. The minimum absolute atomic E-state index is 0.337. The van der Waals surface area contributed by atoms with Gasteiger partial charge < -0.3 is 14.7 Å². The van der Waals surface area contributed by atoms with Gasteiger partial charge in [0.15, 0.2) is 0 Å². The highest BCUT2D eigenvalue weighted by Crippen LogP contribution is 2.26. The third-order valence-corrected chi connectivity index (χ3v) is 4.45. The average molecular weight is 315 g/mol. The Hall–Kier alpha value is -1.85. The van der Waals surface area contributed by atoms with Gasteiger partial charge in [-0.15, -0.1) is 0 Å². The molecule has 0 amide bonds. The van der Waals surface area contributed by atoms with Crippen molar-refractivity contribution in [2.75, 3.05) is 26.2 Å². The highest BCUT2D eigenvalue weighted by molar-refractivity contribution is 5.27. The van der Waals surface area contributed by atoms with Crippen LogP contribution >= 0.6 is 0 Å². The predicted octanol–water partition coefficient (Wildman–Crippen LogP) is 2.34. The van der Waals surface area contributed by atoms with Gasteiger partial charge in [0.2, 0.25) is 0 Å². The van der Waals surface area contributed by atoms with Crippen molar-refractivity contribution >= 4 is 0 Å². The van der Waals surface area contributed by atoms with Crippen LogP contribution in [0.25, 0.3) is 0 Å². The number of H-pyrrole nitrogens is 1. The zero-order chi connectivity index (χ0) is 16.1. The number of hydrogen-bond acceptors (Lipinski definition) is 4. The van der Waals surface area contributed by atoms with Crippen LogP contribution in [0.4, 0.5) is 0 Å². The highest BCUT2D eigenvalue weighted by atomic mass is 16.5. The van der Waals surface area contributed by atoms with Crippen molar-refractivity contribution in [1.29, 1.82) is 0 Å². The van der Waals surface area contributed by atoms with E-state index in [1.54, 1.807) is 0 Å². The van der Waals surface area contributed by atoms with Gasteiger partial charge in [0.05, 0.1) is 0 Å². The average Bonchev–Trinajstić information content (AvgIpc) is 3.08. The number of rotatable bonds is 6. The molecule has 1 aromatic carbocycles. The maximum absolute atomic E-state index is 10.2. The molecule has 0 radical (unpaired) electrons. The second-order valence-electron chi connectivity index (χ2n) is 6.37. The molecule has 0 aliphatic carbocycles. The number of ether oxygens (including phenoxy) is 1. The monoisotopic (exact) mass is 315 g/mol. The van der Waals surface area contributed by atoms with Gasteiger partial charge in [-0.05, 0) is 56.6 Å². The van der Waals surface area contributed by atoms with E-state index in [1.165, 1.54) is 5.69 Å². The van der Waals surface area contributed by atoms with Gasteiger partial charge in [-0.25, -0.2) is 0 Å². The lowest BCUT2D eigenvalue weighted by atomic mass is 9.93. The minimum atomic E-state index is -0.459. The van der Waals surface area contributed by atoms with Crippen LogP contribution in [0.15, 0.2) is 36.5 Å². The molecule has 1 aromatic heterocycles. The maximum Gasteiger partial charge on any atom is 0.119 e. The van der Waals surface area contributed by atoms with E-state index in [4.69, 9.17) is 4.74 Å². The Labute approximate surface area is 137 Å². The summed E-state index contributed by atoms with van der Waals surface area (Å²) in [6, 6.07) is 9.98. The van der Waals surface area contributed by atoms with E-state index in [1.807, 2.05) is 37.4 Å². The van der Waals surface area contributed by atoms with Crippen molar-refractivity contribution in [3.8, 4) is 5.75 Å². The smallest absolute Gasteiger partial charge is 0.119 e. The number of aromatic amines is 1. The Morgan fingerprint density at radius 2 is 2.17 bits per heavy atom. The molecule has 5 heteroatoms. The molecular formula is C18H25N3O2. The van der Waals surface area contributed by atoms with Crippen molar-refractivity contribution in [1.82, 2.24) is 15.1 Å². The number of benzene rings is 1. The van der Waals surface area contributed by atoms with Crippen LogP contribution in [0.1, 0.15) is 30.0 Å². The largest absolute Gasteiger partial charge is 0.491 e. The van der Waals surface area contributed by atoms with Gasteiger partial charge in [0.1, 0.15) is 18.5 Å². The number of aryl methyl sites for hydroxylation is 1. The molecule has 1 saturated heterocycles. The second kappa shape index (κ2) is 7.62. The van der Waals surface area contributed by atoms with Gasteiger partial charge in [0, 0.05) is 24.4 Å². The van der Waals surface area contributed by atoms with Crippen molar-refractivity contribution < 1.29 is 9.84 Å². The van der Waals surface area contributed by atoms with Crippen LogP contribution in [0.2, 0.25) is 0 Å². The summed E-state index contributed by atoms with van der Waals surface area (Å²) in [6.45, 7) is 5.05. The van der Waals surface area contributed by atoms with Crippen LogP contribution < -0.4 is 4.74 Å². The molecule has 0 spiro atoms. The van der Waals surface area contributed by atoms with E-state index in [9.17, 15) is 5.11 Å². The lowest BCUT2D eigenvalue weighted by molar-refractivity contribution is 0.0592. The molecule has 2 aromatic rings. The van der Waals surface area contributed by atoms with Crippen molar-refractivity contribution in [2.45, 2.75) is 31.8 Å². The number of hydrogen-bond donors (Lipinski definition) is 2. The molecule has 124 valence electrons. The van der Waals surface area contributed by atoms with Crippen LogP contribution in [0.3, 0.4) is 0 Å². The number of aromatic nitrogens is 2. The number of aliphatic hydroxyl groups excluding tert-OH is 1. The first-order chi connectivity index (χ1) is 11.2. The minimum Gasteiger partial charge on any atom is -0.491 e. The quantitative estimate of drug-likeness (QED) is 0.859. The third-order valence-electron chi connectivity index (χ3n) is 4.45.